The fourth-order valence-corrected chi connectivity index (χ4v) is 2.51. The van der Waals surface area contributed by atoms with E-state index in [2.05, 4.69) is 6.92 Å². The summed E-state index contributed by atoms with van der Waals surface area (Å²) in [4.78, 5) is 0. The average molecular weight is 265 g/mol. The molecule has 0 aliphatic carbocycles. The molecule has 1 atom stereocenters. The molecule has 0 saturated heterocycles. The Labute approximate surface area is 117 Å². The lowest BCUT2D eigenvalue weighted by Crippen LogP contribution is -2.17. The molecule has 0 aromatic heterocycles. The maximum atomic E-state index is 13.1. The highest BCUT2D eigenvalue weighted by atomic mass is 19.1. The van der Waals surface area contributed by atoms with Gasteiger partial charge in [-0.2, -0.15) is 0 Å². The van der Waals surface area contributed by atoms with Crippen molar-refractivity contribution in [2.45, 2.75) is 58.3 Å². The number of rotatable bonds is 10. The van der Waals surface area contributed by atoms with E-state index in [1.54, 1.807) is 12.1 Å². The SMILES string of the molecule is CCCCCCCCC(CN)Cc1cccc(F)c1. The van der Waals surface area contributed by atoms with Crippen LogP contribution >= 0.6 is 0 Å². The highest BCUT2D eigenvalue weighted by Gasteiger charge is 2.08. The molecular formula is C17H28FN. The van der Waals surface area contributed by atoms with Crippen LogP contribution < -0.4 is 5.73 Å². The van der Waals surface area contributed by atoms with Gasteiger partial charge in [0.2, 0.25) is 0 Å². The van der Waals surface area contributed by atoms with Gasteiger partial charge in [0, 0.05) is 0 Å². The van der Waals surface area contributed by atoms with Crippen LogP contribution in [0.15, 0.2) is 24.3 Å². The molecular weight excluding hydrogens is 237 g/mol. The molecule has 0 aliphatic rings. The van der Waals surface area contributed by atoms with E-state index in [1.165, 1.54) is 51.0 Å². The van der Waals surface area contributed by atoms with Crippen molar-refractivity contribution >= 4 is 0 Å². The maximum absolute atomic E-state index is 13.1. The summed E-state index contributed by atoms with van der Waals surface area (Å²) in [5, 5.41) is 0. The van der Waals surface area contributed by atoms with E-state index in [9.17, 15) is 4.39 Å². The predicted molar refractivity (Wildman–Crippen MR) is 80.6 cm³/mol. The molecule has 2 N–H and O–H groups in total. The number of unbranched alkanes of at least 4 members (excludes halogenated alkanes) is 5. The Kier molecular flexibility index (Phi) is 8.48. The molecule has 1 aromatic carbocycles. The van der Waals surface area contributed by atoms with Crippen LogP contribution in [0.3, 0.4) is 0 Å². The van der Waals surface area contributed by atoms with Crippen LogP contribution in [0.25, 0.3) is 0 Å². The number of hydrogen-bond donors (Lipinski definition) is 1. The summed E-state index contributed by atoms with van der Waals surface area (Å²) in [5.41, 5.74) is 6.90. The van der Waals surface area contributed by atoms with Crippen molar-refractivity contribution in [1.82, 2.24) is 0 Å². The predicted octanol–water partition coefficient (Wildman–Crippen LogP) is 4.69. The molecule has 0 amide bonds. The zero-order chi connectivity index (χ0) is 13.9. The normalized spacial score (nSPS) is 12.6. The Hall–Kier alpha value is -0.890. The molecule has 1 nitrogen and oxygen atoms in total. The van der Waals surface area contributed by atoms with Gasteiger partial charge in [0.25, 0.3) is 0 Å². The van der Waals surface area contributed by atoms with Gasteiger partial charge in [-0.3, -0.25) is 0 Å². The molecule has 1 unspecified atom stereocenters. The standard InChI is InChI=1S/C17H28FN/c1-2-3-4-5-6-7-9-16(14-19)12-15-10-8-11-17(18)13-15/h8,10-11,13,16H,2-7,9,12,14,19H2,1H3. The lowest BCUT2D eigenvalue weighted by atomic mass is 9.93. The fraction of sp³-hybridized carbons (Fsp3) is 0.647. The van der Waals surface area contributed by atoms with Gasteiger partial charge in [-0.05, 0) is 43.0 Å². The molecule has 19 heavy (non-hydrogen) atoms. The van der Waals surface area contributed by atoms with Crippen LogP contribution in [0.1, 0.15) is 57.4 Å². The Morgan fingerprint density at radius 2 is 1.84 bits per heavy atom. The Bertz CT molecular complexity index is 338. The van der Waals surface area contributed by atoms with Crippen molar-refractivity contribution in [3.05, 3.63) is 35.6 Å². The summed E-state index contributed by atoms with van der Waals surface area (Å²) in [6.07, 6.45) is 9.97. The summed E-state index contributed by atoms with van der Waals surface area (Å²) in [5.74, 6) is 0.348. The lowest BCUT2D eigenvalue weighted by molar-refractivity contribution is 0.455. The zero-order valence-electron chi connectivity index (χ0n) is 12.2. The molecule has 0 aliphatic heterocycles. The minimum atomic E-state index is -0.146. The van der Waals surface area contributed by atoms with Crippen molar-refractivity contribution in [3.63, 3.8) is 0 Å². The van der Waals surface area contributed by atoms with Gasteiger partial charge in [-0.25, -0.2) is 4.39 Å². The minimum Gasteiger partial charge on any atom is -0.330 e. The molecule has 0 spiro atoms. The van der Waals surface area contributed by atoms with Crippen molar-refractivity contribution in [3.8, 4) is 0 Å². The first-order chi connectivity index (χ1) is 9.26. The highest BCUT2D eigenvalue weighted by Crippen LogP contribution is 2.17. The molecule has 108 valence electrons. The minimum absolute atomic E-state index is 0.146. The van der Waals surface area contributed by atoms with E-state index in [-0.39, 0.29) is 5.82 Å². The molecule has 1 rings (SSSR count). The number of benzene rings is 1. The molecule has 0 bridgehead atoms. The Morgan fingerprint density at radius 3 is 2.53 bits per heavy atom. The maximum Gasteiger partial charge on any atom is 0.123 e. The van der Waals surface area contributed by atoms with Crippen molar-refractivity contribution in [2.75, 3.05) is 6.54 Å². The van der Waals surface area contributed by atoms with Crippen LogP contribution in [0, 0.1) is 11.7 Å². The lowest BCUT2D eigenvalue weighted by Gasteiger charge is -2.14. The highest BCUT2D eigenvalue weighted by molar-refractivity contribution is 5.16. The number of hydrogen-bond acceptors (Lipinski definition) is 1. The second-order valence-corrected chi connectivity index (χ2v) is 5.49. The molecule has 0 saturated carbocycles. The van der Waals surface area contributed by atoms with Crippen molar-refractivity contribution in [1.29, 1.82) is 0 Å². The topological polar surface area (TPSA) is 26.0 Å². The van der Waals surface area contributed by atoms with Gasteiger partial charge >= 0.3 is 0 Å². The first kappa shape index (κ1) is 16.2. The van der Waals surface area contributed by atoms with E-state index >= 15 is 0 Å². The van der Waals surface area contributed by atoms with Crippen LogP contribution in [-0.4, -0.2) is 6.54 Å². The van der Waals surface area contributed by atoms with E-state index in [0.29, 0.717) is 12.5 Å². The Balaban J connectivity index is 2.22. The zero-order valence-corrected chi connectivity index (χ0v) is 12.2. The third-order valence-corrected chi connectivity index (χ3v) is 3.71. The number of halogens is 1. The van der Waals surface area contributed by atoms with Crippen LogP contribution in [0.5, 0.6) is 0 Å². The molecule has 0 fully saturated rings. The van der Waals surface area contributed by atoms with Gasteiger partial charge in [0.05, 0.1) is 0 Å². The smallest absolute Gasteiger partial charge is 0.123 e. The second-order valence-electron chi connectivity index (χ2n) is 5.49. The number of nitrogens with two attached hydrogens (primary N) is 1. The van der Waals surface area contributed by atoms with Gasteiger partial charge in [-0.15, -0.1) is 0 Å². The average Bonchev–Trinajstić information content (AvgIpc) is 2.41. The van der Waals surface area contributed by atoms with Crippen LogP contribution in [-0.2, 0) is 6.42 Å². The monoisotopic (exact) mass is 265 g/mol. The molecule has 0 radical (unpaired) electrons. The molecule has 2 heteroatoms. The molecule has 0 heterocycles. The summed E-state index contributed by atoms with van der Waals surface area (Å²) in [6, 6.07) is 6.90. The third kappa shape index (κ3) is 7.31. The van der Waals surface area contributed by atoms with Crippen LogP contribution in [0.4, 0.5) is 4.39 Å². The first-order valence-corrected chi connectivity index (χ1v) is 7.70. The Morgan fingerprint density at radius 1 is 1.11 bits per heavy atom. The van der Waals surface area contributed by atoms with Gasteiger partial charge < -0.3 is 5.73 Å². The quantitative estimate of drug-likeness (QED) is 0.610. The van der Waals surface area contributed by atoms with E-state index in [0.717, 1.165) is 12.0 Å². The van der Waals surface area contributed by atoms with Gasteiger partial charge in [-0.1, -0.05) is 57.6 Å². The summed E-state index contributed by atoms with van der Waals surface area (Å²) in [6.45, 7) is 2.94. The first-order valence-electron chi connectivity index (χ1n) is 7.70. The van der Waals surface area contributed by atoms with Gasteiger partial charge in [0.15, 0.2) is 0 Å². The van der Waals surface area contributed by atoms with Gasteiger partial charge in [0.1, 0.15) is 5.82 Å². The van der Waals surface area contributed by atoms with Crippen LogP contribution in [0.2, 0.25) is 0 Å². The summed E-state index contributed by atoms with van der Waals surface area (Å²) in [7, 11) is 0. The van der Waals surface area contributed by atoms with E-state index in [1.807, 2.05) is 6.07 Å². The van der Waals surface area contributed by atoms with Crippen molar-refractivity contribution < 1.29 is 4.39 Å². The third-order valence-electron chi connectivity index (χ3n) is 3.71. The van der Waals surface area contributed by atoms with E-state index < -0.39 is 0 Å². The fourth-order valence-electron chi connectivity index (χ4n) is 2.51. The van der Waals surface area contributed by atoms with E-state index in [4.69, 9.17) is 5.73 Å². The second kappa shape index (κ2) is 9.96. The summed E-state index contributed by atoms with van der Waals surface area (Å²) >= 11 is 0. The molecule has 1 aromatic rings. The summed E-state index contributed by atoms with van der Waals surface area (Å²) < 4.78 is 13.1. The largest absolute Gasteiger partial charge is 0.330 e. The van der Waals surface area contributed by atoms with Crippen molar-refractivity contribution in [2.24, 2.45) is 11.7 Å².